The number of fused-ring (bicyclic) bond motifs is 2. The average molecular weight is 384 g/mol. The summed E-state index contributed by atoms with van der Waals surface area (Å²) in [5.41, 5.74) is 0.602. The second-order valence-corrected chi connectivity index (χ2v) is 8.78. The Kier molecular flexibility index (Phi) is 4.36. The number of likely N-dealkylation sites (tertiary alicyclic amines) is 1. The summed E-state index contributed by atoms with van der Waals surface area (Å²) in [6.45, 7) is 1.24. The quantitative estimate of drug-likeness (QED) is 0.729. The van der Waals surface area contributed by atoms with Gasteiger partial charge in [0.1, 0.15) is 0 Å². The Morgan fingerprint density at radius 2 is 1.70 bits per heavy atom. The van der Waals surface area contributed by atoms with Crippen molar-refractivity contribution in [2.24, 2.45) is 0 Å². The number of piperidine rings is 1. The first kappa shape index (κ1) is 17.9. The number of carbonyl (C=O) groups excluding carboxylic acids is 2. The highest BCUT2D eigenvalue weighted by Crippen LogP contribution is 2.35. The van der Waals surface area contributed by atoms with E-state index in [2.05, 4.69) is 5.32 Å². The first-order valence-corrected chi connectivity index (χ1v) is 10.4. The van der Waals surface area contributed by atoms with Gasteiger partial charge in [-0.05, 0) is 50.2 Å². The van der Waals surface area contributed by atoms with Crippen LogP contribution in [0.2, 0.25) is 0 Å². The molecule has 0 unspecified atom stereocenters. The molecular formula is C20H20N2O4S. The van der Waals surface area contributed by atoms with E-state index in [4.69, 9.17) is 0 Å². The SMILES string of the molecule is CNC1CCN(C(=O)c2ccc3c(c2)S(=O)(=O)c2ccccc2C3=O)CC1. The maximum atomic E-state index is 13.0. The van der Waals surface area contributed by atoms with E-state index in [1.807, 2.05) is 7.05 Å². The molecule has 2 aliphatic heterocycles. The van der Waals surface area contributed by atoms with Crippen molar-refractivity contribution in [1.82, 2.24) is 10.2 Å². The molecule has 0 spiro atoms. The highest BCUT2D eigenvalue weighted by atomic mass is 32.2. The molecule has 140 valence electrons. The lowest BCUT2D eigenvalue weighted by molar-refractivity contribution is 0.0706. The summed E-state index contributed by atoms with van der Waals surface area (Å²) < 4.78 is 26.0. The number of nitrogens with zero attached hydrogens (tertiary/aromatic N) is 1. The lowest BCUT2D eigenvalue weighted by Crippen LogP contribution is -2.44. The molecule has 7 heteroatoms. The Balaban J connectivity index is 1.71. The molecule has 0 atom stereocenters. The lowest BCUT2D eigenvalue weighted by atomic mass is 10.00. The van der Waals surface area contributed by atoms with E-state index in [1.165, 1.54) is 24.3 Å². The van der Waals surface area contributed by atoms with Gasteiger partial charge in [-0.15, -0.1) is 0 Å². The van der Waals surface area contributed by atoms with E-state index < -0.39 is 9.84 Å². The highest BCUT2D eigenvalue weighted by molar-refractivity contribution is 7.91. The monoisotopic (exact) mass is 384 g/mol. The van der Waals surface area contributed by atoms with Crippen molar-refractivity contribution in [1.29, 1.82) is 0 Å². The zero-order valence-electron chi connectivity index (χ0n) is 14.9. The van der Waals surface area contributed by atoms with Gasteiger partial charge in [-0.2, -0.15) is 0 Å². The lowest BCUT2D eigenvalue weighted by Gasteiger charge is -2.32. The molecule has 0 saturated carbocycles. The van der Waals surface area contributed by atoms with E-state index in [1.54, 1.807) is 23.1 Å². The Morgan fingerprint density at radius 1 is 1.04 bits per heavy atom. The van der Waals surface area contributed by atoms with Crippen LogP contribution in [0.4, 0.5) is 0 Å². The van der Waals surface area contributed by atoms with Gasteiger partial charge >= 0.3 is 0 Å². The van der Waals surface area contributed by atoms with Crippen LogP contribution in [0.1, 0.15) is 39.1 Å². The minimum absolute atomic E-state index is 0.00179. The van der Waals surface area contributed by atoms with Crippen LogP contribution in [-0.4, -0.2) is 51.2 Å². The number of sulfone groups is 1. The molecule has 1 saturated heterocycles. The molecule has 0 aromatic heterocycles. The topological polar surface area (TPSA) is 83.6 Å². The molecule has 0 radical (unpaired) electrons. The molecule has 4 rings (SSSR count). The minimum atomic E-state index is -3.84. The highest BCUT2D eigenvalue weighted by Gasteiger charge is 2.35. The van der Waals surface area contributed by atoms with Gasteiger partial charge in [-0.1, -0.05) is 12.1 Å². The van der Waals surface area contributed by atoms with Crippen LogP contribution in [0.15, 0.2) is 52.3 Å². The number of benzene rings is 2. The van der Waals surface area contributed by atoms with E-state index in [9.17, 15) is 18.0 Å². The third kappa shape index (κ3) is 2.87. The number of hydrogen-bond donors (Lipinski definition) is 1. The molecular weight excluding hydrogens is 364 g/mol. The maximum Gasteiger partial charge on any atom is 0.253 e. The van der Waals surface area contributed by atoms with Crippen molar-refractivity contribution in [3.63, 3.8) is 0 Å². The third-order valence-corrected chi connectivity index (χ3v) is 7.23. The summed E-state index contributed by atoms with van der Waals surface area (Å²) in [4.78, 5) is 27.2. The predicted octanol–water partition coefficient (Wildman–Crippen LogP) is 1.89. The molecule has 2 aliphatic rings. The van der Waals surface area contributed by atoms with Gasteiger partial charge in [-0.25, -0.2) is 8.42 Å². The first-order chi connectivity index (χ1) is 12.9. The molecule has 0 bridgehead atoms. The Morgan fingerprint density at radius 3 is 2.41 bits per heavy atom. The van der Waals surface area contributed by atoms with Crippen molar-refractivity contribution in [3.8, 4) is 0 Å². The van der Waals surface area contributed by atoms with E-state index in [0.29, 0.717) is 24.7 Å². The fourth-order valence-electron chi connectivity index (χ4n) is 3.77. The maximum absolute atomic E-state index is 13.0. The smallest absolute Gasteiger partial charge is 0.253 e. The predicted molar refractivity (Wildman–Crippen MR) is 99.8 cm³/mol. The van der Waals surface area contributed by atoms with Crippen LogP contribution in [-0.2, 0) is 9.84 Å². The normalized spacial score (nSPS) is 18.7. The van der Waals surface area contributed by atoms with Crippen LogP contribution in [0.25, 0.3) is 0 Å². The standard InChI is InChI=1S/C20H20N2O4S/c1-21-14-8-10-22(11-9-14)20(24)13-6-7-16-18(12-13)27(25,26)17-5-3-2-4-15(17)19(16)23/h2-7,12,14,21H,8-11H2,1H3. The molecule has 0 aliphatic carbocycles. The fraction of sp³-hybridized carbons (Fsp3) is 0.300. The molecule has 2 heterocycles. The second kappa shape index (κ2) is 6.58. The van der Waals surface area contributed by atoms with E-state index >= 15 is 0 Å². The number of nitrogens with one attached hydrogen (secondary N) is 1. The van der Waals surface area contributed by atoms with Gasteiger partial charge < -0.3 is 10.2 Å². The zero-order valence-corrected chi connectivity index (χ0v) is 15.8. The van der Waals surface area contributed by atoms with Crippen molar-refractivity contribution in [2.45, 2.75) is 28.7 Å². The van der Waals surface area contributed by atoms with Crippen molar-refractivity contribution < 1.29 is 18.0 Å². The van der Waals surface area contributed by atoms with Crippen molar-refractivity contribution >= 4 is 21.5 Å². The number of carbonyl (C=O) groups is 2. The second-order valence-electron chi connectivity index (χ2n) is 6.89. The molecule has 2 aromatic rings. The zero-order chi connectivity index (χ0) is 19.2. The largest absolute Gasteiger partial charge is 0.339 e. The Bertz CT molecular complexity index is 1040. The van der Waals surface area contributed by atoms with Gasteiger partial charge in [0.25, 0.3) is 5.91 Å². The fourth-order valence-corrected chi connectivity index (χ4v) is 5.45. The van der Waals surface area contributed by atoms with Crippen LogP contribution in [0, 0.1) is 0 Å². The number of hydrogen-bond acceptors (Lipinski definition) is 5. The van der Waals surface area contributed by atoms with Gasteiger partial charge in [0.2, 0.25) is 9.84 Å². The summed E-state index contributed by atoms with van der Waals surface area (Å²) in [5, 5.41) is 3.21. The number of rotatable bonds is 2. The molecule has 1 amide bonds. The Labute approximate surface area is 158 Å². The summed E-state index contributed by atoms with van der Waals surface area (Å²) in [7, 11) is -1.93. The van der Waals surface area contributed by atoms with E-state index in [-0.39, 0.29) is 32.6 Å². The Hall–Kier alpha value is -2.51. The van der Waals surface area contributed by atoms with Crippen molar-refractivity contribution in [3.05, 3.63) is 59.2 Å². The molecule has 2 aromatic carbocycles. The molecule has 27 heavy (non-hydrogen) atoms. The van der Waals surface area contributed by atoms with Gasteiger partial charge in [0, 0.05) is 35.8 Å². The van der Waals surface area contributed by atoms with E-state index in [0.717, 1.165) is 12.8 Å². The van der Waals surface area contributed by atoms with Crippen LogP contribution < -0.4 is 5.32 Å². The number of amides is 1. The molecule has 1 fully saturated rings. The third-order valence-electron chi connectivity index (χ3n) is 5.37. The first-order valence-electron chi connectivity index (χ1n) is 8.93. The van der Waals surface area contributed by atoms with Gasteiger partial charge in [-0.3, -0.25) is 9.59 Å². The van der Waals surface area contributed by atoms with Crippen molar-refractivity contribution in [2.75, 3.05) is 20.1 Å². The summed E-state index contributed by atoms with van der Waals surface area (Å²) in [6.07, 6.45) is 1.72. The summed E-state index contributed by atoms with van der Waals surface area (Å²) in [6, 6.07) is 10.9. The summed E-state index contributed by atoms with van der Waals surface area (Å²) in [5.74, 6) is -0.530. The van der Waals surface area contributed by atoms with Crippen LogP contribution >= 0.6 is 0 Å². The molecule has 1 N–H and O–H groups in total. The molecule has 6 nitrogen and oxygen atoms in total. The number of ketones is 1. The van der Waals surface area contributed by atoms with Crippen LogP contribution in [0.3, 0.4) is 0 Å². The van der Waals surface area contributed by atoms with Gasteiger partial charge in [0.15, 0.2) is 5.78 Å². The van der Waals surface area contributed by atoms with Crippen LogP contribution in [0.5, 0.6) is 0 Å². The average Bonchev–Trinajstić information content (AvgIpc) is 2.71. The minimum Gasteiger partial charge on any atom is -0.339 e. The van der Waals surface area contributed by atoms with Gasteiger partial charge in [0.05, 0.1) is 9.79 Å². The summed E-state index contributed by atoms with van der Waals surface area (Å²) >= 11 is 0.